The molecule has 8 heteroatoms. The van der Waals surface area contributed by atoms with E-state index in [1.807, 2.05) is 6.07 Å². The zero-order valence-corrected chi connectivity index (χ0v) is 13.8. The number of aromatic nitrogens is 1. The average Bonchev–Trinajstić information content (AvgIpc) is 3.05. The molecule has 2 aromatic carbocycles. The largest absolute Gasteiger partial charge is 0.476 e. The molecule has 1 atom stereocenters. The first-order chi connectivity index (χ1) is 12.5. The Morgan fingerprint density at radius 1 is 1.19 bits per heavy atom. The molecule has 0 fully saturated rings. The van der Waals surface area contributed by atoms with Crippen LogP contribution in [0.2, 0.25) is 0 Å². The van der Waals surface area contributed by atoms with Crippen LogP contribution in [0.4, 0.5) is 11.5 Å². The highest BCUT2D eigenvalue weighted by Crippen LogP contribution is 2.25. The number of benzene rings is 2. The van der Waals surface area contributed by atoms with Gasteiger partial charge in [0.1, 0.15) is 11.5 Å². The van der Waals surface area contributed by atoms with E-state index in [9.17, 15) is 14.9 Å². The number of carbonyl (C=O) groups is 1. The van der Waals surface area contributed by atoms with Gasteiger partial charge in [-0.3, -0.25) is 14.9 Å². The maximum absolute atomic E-state index is 12.7. The summed E-state index contributed by atoms with van der Waals surface area (Å²) in [5, 5.41) is 17.1. The number of aryl methyl sites for hydroxylation is 1. The fourth-order valence-corrected chi connectivity index (χ4v) is 2.30. The van der Waals surface area contributed by atoms with Gasteiger partial charge in [0, 0.05) is 23.8 Å². The van der Waals surface area contributed by atoms with Crippen LogP contribution in [0, 0.1) is 17.0 Å². The van der Waals surface area contributed by atoms with Crippen molar-refractivity contribution in [2.75, 3.05) is 5.32 Å². The van der Waals surface area contributed by atoms with Gasteiger partial charge in [0.25, 0.3) is 11.6 Å². The molecular formula is C18H15N3O5. The van der Waals surface area contributed by atoms with Crippen molar-refractivity contribution >= 4 is 17.4 Å². The molecule has 1 amide bonds. The second-order valence-corrected chi connectivity index (χ2v) is 5.47. The Labute approximate surface area is 148 Å². The molecule has 1 N–H and O–H groups in total. The molecular weight excluding hydrogens is 338 g/mol. The fourth-order valence-electron chi connectivity index (χ4n) is 2.30. The van der Waals surface area contributed by atoms with E-state index in [1.54, 1.807) is 37.3 Å². The van der Waals surface area contributed by atoms with E-state index in [1.165, 1.54) is 24.3 Å². The topological polar surface area (TPSA) is 108 Å². The zero-order valence-electron chi connectivity index (χ0n) is 13.8. The normalized spacial score (nSPS) is 11.6. The molecule has 1 heterocycles. The SMILES string of the molecule is Cc1cc(NC(=O)[C@H](Oc2ccc([N+](=O)[O-])cc2)c2ccccc2)no1. The van der Waals surface area contributed by atoms with Crippen LogP contribution < -0.4 is 10.1 Å². The Bertz CT molecular complexity index is 906. The minimum absolute atomic E-state index is 0.0591. The molecule has 0 saturated heterocycles. The van der Waals surface area contributed by atoms with Crippen molar-refractivity contribution in [3.05, 3.63) is 82.1 Å². The highest BCUT2D eigenvalue weighted by Gasteiger charge is 2.24. The number of nitro benzene ring substituents is 1. The Morgan fingerprint density at radius 2 is 1.88 bits per heavy atom. The first-order valence-electron chi connectivity index (χ1n) is 7.73. The molecule has 0 aliphatic heterocycles. The Balaban J connectivity index is 1.83. The summed E-state index contributed by atoms with van der Waals surface area (Å²) in [6.45, 7) is 1.71. The van der Waals surface area contributed by atoms with Crippen molar-refractivity contribution in [2.45, 2.75) is 13.0 Å². The number of non-ortho nitro benzene ring substituents is 1. The molecule has 8 nitrogen and oxygen atoms in total. The van der Waals surface area contributed by atoms with E-state index in [0.717, 1.165) is 0 Å². The van der Waals surface area contributed by atoms with Crippen LogP contribution >= 0.6 is 0 Å². The summed E-state index contributed by atoms with van der Waals surface area (Å²) in [5.74, 6) is 0.729. The summed E-state index contributed by atoms with van der Waals surface area (Å²) < 4.78 is 10.7. The van der Waals surface area contributed by atoms with Gasteiger partial charge in [0.2, 0.25) is 6.10 Å². The van der Waals surface area contributed by atoms with Crippen LogP contribution in [0.25, 0.3) is 0 Å². The highest BCUT2D eigenvalue weighted by molar-refractivity contribution is 5.94. The van der Waals surface area contributed by atoms with Crippen LogP contribution in [0.1, 0.15) is 17.4 Å². The standard InChI is InChI=1S/C18H15N3O5/c1-12-11-16(20-26-12)19-18(22)17(13-5-3-2-4-6-13)25-15-9-7-14(8-10-15)21(23)24/h2-11,17H,1H3,(H,19,20,22)/t17-/m1/s1. The molecule has 0 aliphatic carbocycles. The second-order valence-electron chi connectivity index (χ2n) is 5.47. The first-order valence-corrected chi connectivity index (χ1v) is 7.73. The number of nitrogens with zero attached hydrogens (tertiary/aromatic N) is 2. The summed E-state index contributed by atoms with van der Waals surface area (Å²) in [4.78, 5) is 22.9. The lowest BCUT2D eigenvalue weighted by Gasteiger charge is -2.18. The molecule has 0 aliphatic rings. The number of amides is 1. The van der Waals surface area contributed by atoms with Gasteiger partial charge < -0.3 is 14.6 Å². The lowest BCUT2D eigenvalue weighted by Crippen LogP contribution is -2.25. The Hall–Kier alpha value is -3.68. The molecule has 0 bridgehead atoms. The molecule has 3 rings (SSSR count). The van der Waals surface area contributed by atoms with Crippen LogP contribution in [-0.2, 0) is 4.79 Å². The van der Waals surface area contributed by atoms with E-state index >= 15 is 0 Å². The number of nitrogens with one attached hydrogen (secondary N) is 1. The van der Waals surface area contributed by atoms with Gasteiger partial charge in [0.15, 0.2) is 5.82 Å². The lowest BCUT2D eigenvalue weighted by atomic mass is 10.1. The third-order valence-corrected chi connectivity index (χ3v) is 3.52. The van der Waals surface area contributed by atoms with Crippen molar-refractivity contribution in [1.82, 2.24) is 5.16 Å². The third-order valence-electron chi connectivity index (χ3n) is 3.52. The second kappa shape index (κ2) is 7.47. The molecule has 0 spiro atoms. The molecule has 0 radical (unpaired) electrons. The zero-order chi connectivity index (χ0) is 18.5. The molecule has 0 unspecified atom stereocenters. The minimum Gasteiger partial charge on any atom is -0.476 e. The van der Waals surface area contributed by atoms with Gasteiger partial charge in [-0.1, -0.05) is 35.5 Å². The smallest absolute Gasteiger partial charge is 0.271 e. The van der Waals surface area contributed by atoms with Gasteiger partial charge in [-0.05, 0) is 19.1 Å². The summed E-state index contributed by atoms with van der Waals surface area (Å²) in [6.07, 6.45) is -0.963. The average molecular weight is 353 g/mol. The molecule has 1 aromatic heterocycles. The number of rotatable bonds is 6. The predicted octanol–water partition coefficient (Wildman–Crippen LogP) is 3.65. The van der Waals surface area contributed by atoms with Gasteiger partial charge in [-0.25, -0.2) is 0 Å². The summed E-state index contributed by atoms with van der Waals surface area (Å²) >= 11 is 0. The van der Waals surface area contributed by atoms with E-state index < -0.39 is 16.9 Å². The molecule has 0 saturated carbocycles. The Morgan fingerprint density at radius 3 is 2.46 bits per heavy atom. The number of anilines is 1. The van der Waals surface area contributed by atoms with Crippen LogP contribution in [0.15, 0.2) is 65.2 Å². The number of nitro groups is 1. The minimum atomic E-state index is -0.963. The Kier molecular flexibility index (Phi) is 4.93. The fraction of sp³-hybridized carbons (Fsp3) is 0.111. The molecule has 3 aromatic rings. The molecule has 26 heavy (non-hydrogen) atoms. The molecule has 132 valence electrons. The highest BCUT2D eigenvalue weighted by atomic mass is 16.6. The summed E-state index contributed by atoms with van der Waals surface area (Å²) in [7, 11) is 0. The maximum Gasteiger partial charge on any atom is 0.271 e. The summed E-state index contributed by atoms with van der Waals surface area (Å²) in [6, 6.07) is 16.0. The van der Waals surface area contributed by atoms with Crippen molar-refractivity contribution in [2.24, 2.45) is 0 Å². The van der Waals surface area contributed by atoms with Gasteiger partial charge in [-0.2, -0.15) is 0 Å². The van der Waals surface area contributed by atoms with Gasteiger partial charge in [0.05, 0.1) is 4.92 Å². The van der Waals surface area contributed by atoms with Crippen molar-refractivity contribution < 1.29 is 19.0 Å². The third kappa shape index (κ3) is 4.04. The number of ether oxygens (including phenoxy) is 1. The lowest BCUT2D eigenvalue weighted by molar-refractivity contribution is -0.384. The first kappa shape index (κ1) is 17.2. The van der Waals surface area contributed by atoms with Gasteiger partial charge in [-0.15, -0.1) is 0 Å². The summed E-state index contributed by atoms with van der Waals surface area (Å²) in [5.41, 5.74) is 0.569. The van der Waals surface area contributed by atoms with E-state index in [4.69, 9.17) is 9.26 Å². The van der Waals surface area contributed by atoms with Crippen LogP contribution in [-0.4, -0.2) is 16.0 Å². The van der Waals surface area contributed by atoms with Crippen molar-refractivity contribution in [3.8, 4) is 5.75 Å². The number of hydrogen-bond donors (Lipinski definition) is 1. The van der Waals surface area contributed by atoms with Gasteiger partial charge >= 0.3 is 0 Å². The van der Waals surface area contributed by atoms with Crippen molar-refractivity contribution in [3.63, 3.8) is 0 Å². The van der Waals surface area contributed by atoms with E-state index in [-0.39, 0.29) is 11.5 Å². The monoisotopic (exact) mass is 353 g/mol. The maximum atomic E-state index is 12.7. The number of carbonyl (C=O) groups excluding carboxylic acids is 1. The van der Waals surface area contributed by atoms with E-state index in [0.29, 0.717) is 17.1 Å². The number of hydrogen-bond acceptors (Lipinski definition) is 6. The predicted molar refractivity (Wildman–Crippen MR) is 92.8 cm³/mol. The van der Waals surface area contributed by atoms with Crippen molar-refractivity contribution in [1.29, 1.82) is 0 Å². The quantitative estimate of drug-likeness (QED) is 0.535. The van der Waals surface area contributed by atoms with E-state index in [2.05, 4.69) is 10.5 Å². The van der Waals surface area contributed by atoms with Crippen LogP contribution in [0.5, 0.6) is 5.75 Å². The van der Waals surface area contributed by atoms with Crippen LogP contribution in [0.3, 0.4) is 0 Å².